The van der Waals surface area contributed by atoms with Gasteiger partial charge in [-0.15, -0.1) is 0 Å². The van der Waals surface area contributed by atoms with E-state index in [1.165, 1.54) is 16.7 Å². The normalized spacial score (nSPS) is 15.8. The highest BCUT2D eigenvalue weighted by molar-refractivity contribution is 5.98. The Morgan fingerprint density at radius 3 is 1.64 bits per heavy atom. The van der Waals surface area contributed by atoms with E-state index in [4.69, 9.17) is 5.10 Å². The fourth-order valence-corrected chi connectivity index (χ4v) is 3.90. The van der Waals surface area contributed by atoms with Crippen LogP contribution in [0.15, 0.2) is 96.1 Å². The van der Waals surface area contributed by atoms with E-state index in [0.29, 0.717) is 6.04 Å². The van der Waals surface area contributed by atoms with Gasteiger partial charge in [-0.25, -0.2) is 0 Å². The molecule has 1 heterocycles. The molecule has 0 N–H and O–H groups in total. The Morgan fingerprint density at radius 2 is 1.14 bits per heavy atom. The van der Waals surface area contributed by atoms with Crippen LogP contribution < -0.4 is 0 Å². The minimum atomic E-state index is 0.295. The zero-order valence-electron chi connectivity index (χ0n) is 16.4. The standard InChI is InChI=1S/C25H27N3/c1-21(22-11-5-2-6-12-22)26-28-19-17-27(18-20-28)25(23-13-7-3-8-14-23)24-15-9-4-10-16-24/h2-16,25H,17-20H2,1H3/b26-21-. The molecule has 28 heavy (non-hydrogen) atoms. The lowest BCUT2D eigenvalue weighted by Crippen LogP contribution is -2.46. The van der Waals surface area contributed by atoms with Crippen molar-refractivity contribution in [1.29, 1.82) is 0 Å². The van der Waals surface area contributed by atoms with Gasteiger partial charge >= 0.3 is 0 Å². The van der Waals surface area contributed by atoms with Gasteiger partial charge in [-0.3, -0.25) is 9.91 Å². The molecule has 0 aromatic heterocycles. The molecule has 1 aliphatic rings. The van der Waals surface area contributed by atoms with Gasteiger partial charge in [0, 0.05) is 26.2 Å². The van der Waals surface area contributed by atoms with E-state index < -0.39 is 0 Å². The van der Waals surface area contributed by atoms with E-state index in [1.54, 1.807) is 0 Å². The molecule has 142 valence electrons. The van der Waals surface area contributed by atoms with Crippen molar-refractivity contribution in [3.05, 3.63) is 108 Å². The van der Waals surface area contributed by atoms with Gasteiger partial charge in [-0.2, -0.15) is 5.10 Å². The van der Waals surface area contributed by atoms with Crippen LogP contribution in [0.2, 0.25) is 0 Å². The maximum absolute atomic E-state index is 4.87. The van der Waals surface area contributed by atoms with E-state index in [2.05, 4.69) is 102 Å². The maximum atomic E-state index is 4.87. The largest absolute Gasteiger partial charge is 0.294 e. The third kappa shape index (κ3) is 4.32. The molecule has 3 nitrogen and oxygen atoms in total. The first-order valence-corrected chi connectivity index (χ1v) is 10.0. The number of benzene rings is 3. The molecule has 4 rings (SSSR count). The topological polar surface area (TPSA) is 18.8 Å². The molecule has 3 aromatic carbocycles. The molecule has 1 fully saturated rings. The van der Waals surface area contributed by atoms with Gasteiger partial charge in [0.15, 0.2) is 0 Å². The van der Waals surface area contributed by atoms with Crippen LogP contribution >= 0.6 is 0 Å². The number of piperazine rings is 1. The summed E-state index contributed by atoms with van der Waals surface area (Å²) in [5, 5.41) is 7.08. The molecule has 3 heteroatoms. The summed E-state index contributed by atoms with van der Waals surface area (Å²) < 4.78 is 0. The van der Waals surface area contributed by atoms with Crippen molar-refractivity contribution in [3.8, 4) is 0 Å². The molecule has 1 saturated heterocycles. The van der Waals surface area contributed by atoms with Crippen molar-refractivity contribution in [2.75, 3.05) is 26.2 Å². The molecule has 0 aliphatic carbocycles. The summed E-state index contributed by atoms with van der Waals surface area (Å²) in [6, 6.07) is 32.4. The van der Waals surface area contributed by atoms with Crippen molar-refractivity contribution >= 4 is 5.71 Å². The number of hydrogen-bond acceptors (Lipinski definition) is 3. The van der Waals surface area contributed by atoms with E-state index in [1.807, 2.05) is 6.07 Å². The highest BCUT2D eigenvalue weighted by Gasteiger charge is 2.26. The van der Waals surface area contributed by atoms with Gasteiger partial charge < -0.3 is 0 Å². The fraction of sp³-hybridized carbons (Fsp3) is 0.240. The maximum Gasteiger partial charge on any atom is 0.0646 e. The Labute approximate surface area is 167 Å². The molecular weight excluding hydrogens is 342 g/mol. The van der Waals surface area contributed by atoms with Crippen LogP contribution in [-0.2, 0) is 0 Å². The van der Waals surface area contributed by atoms with Gasteiger partial charge in [0.25, 0.3) is 0 Å². The first-order valence-electron chi connectivity index (χ1n) is 10.0. The Balaban J connectivity index is 1.49. The number of nitrogens with zero attached hydrogens (tertiary/aromatic N) is 3. The van der Waals surface area contributed by atoms with E-state index in [0.717, 1.165) is 31.9 Å². The third-order valence-electron chi connectivity index (χ3n) is 5.37. The molecule has 0 saturated carbocycles. The molecular formula is C25H27N3. The predicted octanol–water partition coefficient (Wildman–Crippen LogP) is 4.82. The van der Waals surface area contributed by atoms with Crippen LogP contribution in [-0.4, -0.2) is 41.8 Å². The molecule has 3 aromatic rings. The second-order valence-electron chi connectivity index (χ2n) is 7.26. The Morgan fingerprint density at radius 1 is 0.679 bits per heavy atom. The van der Waals surface area contributed by atoms with Crippen molar-refractivity contribution in [2.45, 2.75) is 13.0 Å². The van der Waals surface area contributed by atoms with Crippen LogP contribution in [0.5, 0.6) is 0 Å². The minimum absolute atomic E-state index is 0.295. The number of hydrogen-bond donors (Lipinski definition) is 0. The Hall–Kier alpha value is -2.91. The predicted molar refractivity (Wildman–Crippen MR) is 117 cm³/mol. The lowest BCUT2D eigenvalue weighted by Gasteiger charge is -2.39. The van der Waals surface area contributed by atoms with Crippen LogP contribution in [0.25, 0.3) is 0 Å². The summed E-state index contributed by atoms with van der Waals surface area (Å²) in [5.41, 5.74) is 4.98. The summed E-state index contributed by atoms with van der Waals surface area (Å²) in [6.45, 7) is 5.99. The molecule has 0 unspecified atom stereocenters. The van der Waals surface area contributed by atoms with Crippen molar-refractivity contribution in [1.82, 2.24) is 9.91 Å². The lowest BCUT2D eigenvalue weighted by molar-refractivity contribution is 0.112. The molecule has 0 bridgehead atoms. The second kappa shape index (κ2) is 8.85. The average molecular weight is 370 g/mol. The van der Waals surface area contributed by atoms with Crippen LogP contribution in [0.1, 0.15) is 29.7 Å². The van der Waals surface area contributed by atoms with Gasteiger partial charge in [0.1, 0.15) is 0 Å². The van der Waals surface area contributed by atoms with Gasteiger partial charge in [-0.1, -0.05) is 91.0 Å². The summed E-state index contributed by atoms with van der Waals surface area (Å²) in [5.74, 6) is 0. The summed E-state index contributed by atoms with van der Waals surface area (Å²) in [7, 11) is 0. The number of rotatable bonds is 5. The van der Waals surface area contributed by atoms with Gasteiger partial charge in [-0.05, 0) is 23.6 Å². The minimum Gasteiger partial charge on any atom is -0.294 e. The first-order chi connectivity index (χ1) is 13.8. The van der Waals surface area contributed by atoms with E-state index in [9.17, 15) is 0 Å². The van der Waals surface area contributed by atoms with Crippen molar-refractivity contribution < 1.29 is 0 Å². The van der Waals surface area contributed by atoms with E-state index >= 15 is 0 Å². The monoisotopic (exact) mass is 369 g/mol. The summed E-state index contributed by atoms with van der Waals surface area (Å²) >= 11 is 0. The number of hydrazone groups is 1. The van der Waals surface area contributed by atoms with Crippen LogP contribution in [0.3, 0.4) is 0 Å². The van der Waals surface area contributed by atoms with Gasteiger partial charge in [0.05, 0.1) is 11.8 Å². The zero-order valence-corrected chi connectivity index (χ0v) is 16.4. The molecule has 0 radical (unpaired) electrons. The lowest BCUT2D eigenvalue weighted by atomic mass is 9.96. The van der Waals surface area contributed by atoms with Crippen molar-refractivity contribution in [3.63, 3.8) is 0 Å². The van der Waals surface area contributed by atoms with Crippen LogP contribution in [0, 0.1) is 0 Å². The smallest absolute Gasteiger partial charge is 0.0646 e. The highest BCUT2D eigenvalue weighted by Crippen LogP contribution is 2.29. The summed E-state index contributed by atoms with van der Waals surface area (Å²) in [6.07, 6.45) is 0. The SMILES string of the molecule is C/C(=N/N1CCN(C(c2ccccc2)c2ccccc2)CC1)c1ccccc1. The summed E-state index contributed by atoms with van der Waals surface area (Å²) in [4.78, 5) is 2.58. The molecule has 1 aliphatic heterocycles. The quantitative estimate of drug-likeness (QED) is 0.601. The fourth-order valence-electron chi connectivity index (χ4n) is 3.90. The average Bonchev–Trinajstić information content (AvgIpc) is 2.77. The highest BCUT2D eigenvalue weighted by atomic mass is 15.5. The second-order valence-corrected chi connectivity index (χ2v) is 7.26. The Kier molecular flexibility index (Phi) is 5.83. The first kappa shape index (κ1) is 18.5. The third-order valence-corrected chi connectivity index (χ3v) is 5.37. The molecule has 0 amide bonds. The molecule has 0 spiro atoms. The molecule has 0 atom stereocenters. The zero-order chi connectivity index (χ0) is 19.2. The van der Waals surface area contributed by atoms with Crippen molar-refractivity contribution in [2.24, 2.45) is 5.10 Å². The van der Waals surface area contributed by atoms with Crippen LogP contribution in [0.4, 0.5) is 0 Å². The Bertz CT molecular complexity index is 843. The van der Waals surface area contributed by atoms with Gasteiger partial charge in [0.2, 0.25) is 0 Å². The van der Waals surface area contributed by atoms with E-state index in [-0.39, 0.29) is 0 Å².